The molecule has 2 aliphatic heterocycles. The summed E-state index contributed by atoms with van der Waals surface area (Å²) in [4.78, 5) is 26.4. The van der Waals surface area contributed by atoms with Gasteiger partial charge in [0.15, 0.2) is 11.5 Å². The molecule has 1 atom stereocenters. The van der Waals surface area contributed by atoms with Gasteiger partial charge in [-0.15, -0.1) is 0 Å². The van der Waals surface area contributed by atoms with Crippen molar-refractivity contribution in [3.05, 3.63) is 24.3 Å². The van der Waals surface area contributed by atoms with Crippen molar-refractivity contribution < 1.29 is 19.1 Å². The predicted octanol–water partition coefficient (Wildman–Crippen LogP) is 1.98. The van der Waals surface area contributed by atoms with E-state index in [0.29, 0.717) is 36.9 Å². The number of benzene rings is 1. The molecule has 2 amide bonds. The van der Waals surface area contributed by atoms with E-state index in [1.54, 1.807) is 6.07 Å². The van der Waals surface area contributed by atoms with Gasteiger partial charge >= 0.3 is 0 Å². The van der Waals surface area contributed by atoms with Crippen molar-refractivity contribution in [1.29, 1.82) is 0 Å². The molecule has 1 N–H and O–H groups in total. The summed E-state index contributed by atoms with van der Waals surface area (Å²) >= 11 is 0. The van der Waals surface area contributed by atoms with E-state index in [1.165, 1.54) is 0 Å². The average Bonchev–Trinajstić information content (AvgIpc) is 2.61. The fourth-order valence-electron chi connectivity index (χ4n) is 3.19. The van der Waals surface area contributed by atoms with Crippen LogP contribution < -0.4 is 14.8 Å². The van der Waals surface area contributed by atoms with E-state index in [2.05, 4.69) is 19.2 Å². The highest BCUT2D eigenvalue weighted by atomic mass is 16.6. The van der Waals surface area contributed by atoms with Gasteiger partial charge < -0.3 is 19.7 Å². The summed E-state index contributed by atoms with van der Waals surface area (Å²) in [7, 11) is 0. The number of likely N-dealkylation sites (tertiary alicyclic amines) is 1. The molecule has 25 heavy (non-hydrogen) atoms. The highest BCUT2D eigenvalue weighted by molar-refractivity contribution is 5.82. The topological polar surface area (TPSA) is 67.9 Å². The molecule has 136 valence electrons. The third-order valence-electron chi connectivity index (χ3n) is 4.58. The molecule has 6 heteroatoms. The lowest BCUT2D eigenvalue weighted by molar-refractivity contribution is -0.133. The van der Waals surface area contributed by atoms with Crippen LogP contribution in [0.15, 0.2) is 24.3 Å². The lowest BCUT2D eigenvalue weighted by Gasteiger charge is -2.34. The van der Waals surface area contributed by atoms with Crippen molar-refractivity contribution in [3.8, 4) is 11.5 Å². The molecule has 6 nitrogen and oxygen atoms in total. The lowest BCUT2D eigenvalue weighted by Crippen LogP contribution is -2.51. The van der Waals surface area contributed by atoms with E-state index < -0.39 is 6.10 Å². The largest absolute Gasteiger partial charge is 0.485 e. The molecule has 0 bridgehead atoms. The highest BCUT2D eigenvalue weighted by Crippen LogP contribution is 2.31. The maximum absolute atomic E-state index is 12.4. The minimum absolute atomic E-state index is 0.0800. The Hall–Kier alpha value is -2.24. The van der Waals surface area contributed by atoms with Crippen LogP contribution in [-0.2, 0) is 9.59 Å². The SMILES string of the molecule is CC(C)CC(=O)N1CCC(NC(=O)C2COc3ccccc3O2)CC1. The molecular formula is C19H26N2O4. The summed E-state index contributed by atoms with van der Waals surface area (Å²) in [6.07, 6.45) is 1.51. The third-order valence-corrected chi connectivity index (χ3v) is 4.58. The second-order valence-corrected chi connectivity index (χ2v) is 7.13. The van der Waals surface area contributed by atoms with Crippen molar-refractivity contribution in [3.63, 3.8) is 0 Å². The van der Waals surface area contributed by atoms with Crippen molar-refractivity contribution in [1.82, 2.24) is 10.2 Å². The number of carbonyl (C=O) groups is 2. The smallest absolute Gasteiger partial charge is 0.264 e. The Morgan fingerprint density at radius 3 is 2.56 bits per heavy atom. The van der Waals surface area contributed by atoms with E-state index in [4.69, 9.17) is 9.47 Å². The summed E-state index contributed by atoms with van der Waals surface area (Å²) in [6, 6.07) is 7.43. The second-order valence-electron chi connectivity index (χ2n) is 7.13. The first-order valence-electron chi connectivity index (χ1n) is 8.99. The summed E-state index contributed by atoms with van der Waals surface area (Å²) in [5.41, 5.74) is 0. The number of nitrogens with one attached hydrogen (secondary N) is 1. The molecule has 1 fully saturated rings. The predicted molar refractivity (Wildman–Crippen MR) is 93.6 cm³/mol. The van der Waals surface area contributed by atoms with E-state index >= 15 is 0 Å². The summed E-state index contributed by atoms with van der Waals surface area (Å²) in [5.74, 6) is 1.70. The number of carbonyl (C=O) groups excluding carboxylic acids is 2. The number of piperidine rings is 1. The van der Waals surface area contributed by atoms with E-state index in [1.807, 2.05) is 23.1 Å². The Morgan fingerprint density at radius 2 is 1.88 bits per heavy atom. The van der Waals surface area contributed by atoms with Crippen LogP contribution in [-0.4, -0.2) is 48.6 Å². The molecule has 0 saturated carbocycles. The van der Waals surface area contributed by atoms with Crippen molar-refractivity contribution in [2.75, 3.05) is 19.7 Å². The average molecular weight is 346 g/mol. The first kappa shape index (κ1) is 17.6. The minimum Gasteiger partial charge on any atom is -0.485 e. The quantitative estimate of drug-likeness (QED) is 0.905. The molecule has 0 aromatic heterocycles. The number of amides is 2. The second kappa shape index (κ2) is 7.76. The van der Waals surface area contributed by atoms with Crippen LogP contribution in [0.4, 0.5) is 0 Å². The lowest BCUT2D eigenvalue weighted by atomic mass is 10.0. The van der Waals surface area contributed by atoms with Gasteiger partial charge in [0, 0.05) is 25.6 Å². The molecule has 3 rings (SSSR count). The Kier molecular flexibility index (Phi) is 5.46. The van der Waals surface area contributed by atoms with Gasteiger partial charge in [-0.25, -0.2) is 0 Å². The van der Waals surface area contributed by atoms with Gasteiger partial charge in [0.25, 0.3) is 5.91 Å². The van der Waals surface area contributed by atoms with Crippen LogP contribution in [0.3, 0.4) is 0 Å². The molecule has 1 saturated heterocycles. The number of ether oxygens (including phenoxy) is 2. The maximum atomic E-state index is 12.4. The highest BCUT2D eigenvalue weighted by Gasteiger charge is 2.30. The van der Waals surface area contributed by atoms with E-state index in [-0.39, 0.29) is 24.5 Å². The van der Waals surface area contributed by atoms with E-state index in [9.17, 15) is 9.59 Å². The van der Waals surface area contributed by atoms with E-state index in [0.717, 1.165) is 12.8 Å². The molecule has 2 aliphatic rings. The van der Waals surface area contributed by atoms with Crippen LogP contribution in [0.25, 0.3) is 0 Å². The van der Waals surface area contributed by atoms with Crippen LogP contribution in [0.2, 0.25) is 0 Å². The zero-order valence-electron chi connectivity index (χ0n) is 14.9. The van der Waals surface area contributed by atoms with Crippen LogP contribution in [0.5, 0.6) is 11.5 Å². The monoisotopic (exact) mass is 346 g/mol. The maximum Gasteiger partial charge on any atom is 0.264 e. The van der Waals surface area contributed by atoms with Crippen molar-refractivity contribution in [2.24, 2.45) is 5.92 Å². The van der Waals surface area contributed by atoms with Gasteiger partial charge in [0.1, 0.15) is 6.61 Å². The molecule has 0 aliphatic carbocycles. The Bertz CT molecular complexity index is 624. The fourth-order valence-corrected chi connectivity index (χ4v) is 3.19. The summed E-state index contributed by atoms with van der Waals surface area (Å²) < 4.78 is 11.3. The van der Waals surface area contributed by atoms with Gasteiger partial charge in [-0.3, -0.25) is 9.59 Å². The standard InChI is InChI=1S/C19H26N2O4/c1-13(2)11-18(22)21-9-7-14(8-10-21)20-19(23)17-12-24-15-5-3-4-6-16(15)25-17/h3-6,13-14,17H,7-12H2,1-2H3,(H,20,23). The van der Waals surface area contributed by atoms with Gasteiger partial charge in [-0.1, -0.05) is 26.0 Å². The van der Waals surface area contributed by atoms with Crippen molar-refractivity contribution >= 4 is 11.8 Å². The zero-order valence-corrected chi connectivity index (χ0v) is 14.9. The van der Waals surface area contributed by atoms with Gasteiger partial charge in [-0.05, 0) is 30.9 Å². The first-order valence-corrected chi connectivity index (χ1v) is 8.99. The third kappa shape index (κ3) is 4.44. The number of hydrogen-bond donors (Lipinski definition) is 1. The number of fused-ring (bicyclic) bond motifs is 1. The number of rotatable bonds is 4. The van der Waals surface area contributed by atoms with Crippen LogP contribution >= 0.6 is 0 Å². The zero-order chi connectivity index (χ0) is 17.8. The van der Waals surface area contributed by atoms with Gasteiger partial charge in [-0.2, -0.15) is 0 Å². The first-order chi connectivity index (χ1) is 12.0. The normalized spacial score (nSPS) is 20.4. The molecule has 1 unspecified atom stereocenters. The molecule has 1 aromatic rings. The molecule has 0 spiro atoms. The Labute approximate surface area is 148 Å². The molecule has 0 radical (unpaired) electrons. The summed E-state index contributed by atoms with van der Waals surface area (Å²) in [5, 5.41) is 3.04. The molecular weight excluding hydrogens is 320 g/mol. The number of nitrogens with zero attached hydrogens (tertiary/aromatic N) is 1. The summed E-state index contributed by atoms with van der Waals surface area (Å²) in [6.45, 7) is 5.71. The van der Waals surface area contributed by atoms with Gasteiger partial charge in [0.2, 0.25) is 12.0 Å². The number of para-hydroxylation sites is 2. The molecule has 1 aromatic carbocycles. The fraction of sp³-hybridized carbons (Fsp3) is 0.579. The van der Waals surface area contributed by atoms with Gasteiger partial charge in [0.05, 0.1) is 0 Å². The van der Waals surface area contributed by atoms with Crippen molar-refractivity contribution in [2.45, 2.75) is 45.3 Å². The van der Waals surface area contributed by atoms with Crippen LogP contribution in [0.1, 0.15) is 33.1 Å². The number of hydrogen-bond acceptors (Lipinski definition) is 4. The molecule has 2 heterocycles. The Morgan fingerprint density at radius 1 is 1.20 bits per heavy atom. The Balaban J connectivity index is 1.46. The minimum atomic E-state index is -0.629. The van der Waals surface area contributed by atoms with Crippen LogP contribution in [0, 0.1) is 5.92 Å².